The monoisotopic (exact) mass is 430 g/mol. The number of hydrogen-bond acceptors (Lipinski definition) is 3. The second-order valence-electron chi connectivity index (χ2n) is 8.88. The zero-order chi connectivity index (χ0) is 21.1. The predicted octanol–water partition coefficient (Wildman–Crippen LogP) is 6.96. The van der Waals surface area contributed by atoms with Gasteiger partial charge in [0, 0.05) is 15.6 Å². The smallest absolute Gasteiger partial charge is 0.198 e. The predicted molar refractivity (Wildman–Crippen MR) is 118 cm³/mol. The fraction of sp³-hybridized carbons (Fsp3) is 0.375. The van der Waals surface area contributed by atoms with Gasteiger partial charge in [0.2, 0.25) is 0 Å². The average molecular weight is 431 g/mol. The largest absolute Gasteiger partial charge is 0.508 e. The van der Waals surface area contributed by atoms with E-state index >= 15 is 0 Å². The van der Waals surface area contributed by atoms with Crippen molar-refractivity contribution in [2.75, 3.05) is 0 Å². The van der Waals surface area contributed by atoms with Crippen molar-refractivity contribution in [2.45, 2.75) is 57.7 Å². The van der Waals surface area contributed by atoms with Gasteiger partial charge in [-0.1, -0.05) is 41.4 Å². The molecule has 4 rings (SSSR count). The van der Waals surface area contributed by atoms with Crippen LogP contribution in [-0.2, 0) is 9.53 Å². The maximum atomic E-state index is 13.3. The second-order valence-corrected chi connectivity index (χ2v) is 9.72. The minimum atomic E-state index is -1.03. The Morgan fingerprint density at radius 3 is 2.28 bits per heavy atom. The van der Waals surface area contributed by atoms with Gasteiger partial charge < -0.3 is 9.84 Å². The number of benzene rings is 2. The Morgan fingerprint density at radius 2 is 1.66 bits per heavy atom. The Morgan fingerprint density at radius 1 is 0.966 bits per heavy atom. The van der Waals surface area contributed by atoms with Crippen molar-refractivity contribution < 1.29 is 14.6 Å². The lowest BCUT2D eigenvalue weighted by Gasteiger charge is -2.41. The van der Waals surface area contributed by atoms with Crippen molar-refractivity contribution in [3.05, 3.63) is 63.3 Å². The van der Waals surface area contributed by atoms with Gasteiger partial charge in [-0.05, 0) is 81.3 Å². The molecular formula is C24H24Cl2O3. The number of carbonyl (C=O) groups excluding carboxylic acids is 1. The number of hydrogen-bond donors (Lipinski definition) is 1. The Kier molecular flexibility index (Phi) is 4.85. The van der Waals surface area contributed by atoms with E-state index in [4.69, 9.17) is 27.9 Å². The molecule has 1 fully saturated rings. The van der Waals surface area contributed by atoms with Crippen molar-refractivity contribution in [1.82, 2.24) is 0 Å². The zero-order valence-electron chi connectivity index (χ0n) is 17.0. The van der Waals surface area contributed by atoms with Crippen LogP contribution in [0.15, 0.2) is 42.2 Å². The Bertz CT molecular complexity index is 1050. The maximum absolute atomic E-state index is 13.3. The van der Waals surface area contributed by atoms with Gasteiger partial charge in [0.05, 0.1) is 5.57 Å². The first-order chi connectivity index (χ1) is 13.5. The highest BCUT2D eigenvalue weighted by Gasteiger charge is 2.47. The highest BCUT2D eigenvalue weighted by atomic mass is 35.5. The summed E-state index contributed by atoms with van der Waals surface area (Å²) in [6, 6.07) is 11.4. The van der Waals surface area contributed by atoms with Crippen molar-refractivity contribution in [3.8, 4) is 11.1 Å². The molecule has 2 aromatic carbocycles. The molecule has 0 saturated heterocycles. The zero-order valence-corrected chi connectivity index (χ0v) is 18.5. The van der Waals surface area contributed by atoms with E-state index in [1.807, 2.05) is 18.2 Å². The number of rotatable bonds is 3. The van der Waals surface area contributed by atoms with Crippen LogP contribution in [-0.4, -0.2) is 22.1 Å². The minimum Gasteiger partial charge on any atom is -0.508 e. The van der Waals surface area contributed by atoms with Crippen LogP contribution in [0, 0.1) is 0 Å². The number of ether oxygens (including phenoxy) is 1. The Balaban J connectivity index is 1.95. The summed E-state index contributed by atoms with van der Waals surface area (Å²) < 4.78 is 5.91. The van der Waals surface area contributed by atoms with E-state index in [-0.39, 0.29) is 11.5 Å². The van der Waals surface area contributed by atoms with Crippen molar-refractivity contribution in [3.63, 3.8) is 0 Å². The number of Topliss-reactive ketones (excluding diaryl/α,β-unsaturated/α-hetero) is 1. The molecular weight excluding hydrogens is 407 g/mol. The van der Waals surface area contributed by atoms with Crippen LogP contribution in [0.2, 0.25) is 10.0 Å². The summed E-state index contributed by atoms with van der Waals surface area (Å²) >= 11 is 12.5. The molecule has 1 aliphatic heterocycles. The summed E-state index contributed by atoms with van der Waals surface area (Å²) in [7, 11) is 0. The van der Waals surface area contributed by atoms with Gasteiger partial charge in [0.25, 0.3) is 0 Å². The van der Waals surface area contributed by atoms with E-state index in [0.29, 0.717) is 21.5 Å². The van der Waals surface area contributed by atoms with Crippen LogP contribution >= 0.6 is 23.2 Å². The molecule has 3 nitrogen and oxygen atoms in total. The Hall–Kier alpha value is -1.81. The number of carbonyl (C=O) groups is 1. The van der Waals surface area contributed by atoms with E-state index in [1.54, 1.807) is 39.8 Å². The lowest BCUT2D eigenvalue weighted by Crippen LogP contribution is -2.49. The lowest BCUT2D eigenvalue weighted by atomic mass is 9.80. The van der Waals surface area contributed by atoms with Crippen LogP contribution in [0.5, 0.6) is 0 Å². The number of aliphatic hydroxyl groups is 1. The van der Waals surface area contributed by atoms with Crippen molar-refractivity contribution in [2.24, 2.45) is 0 Å². The van der Waals surface area contributed by atoms with Crippen molar-refractivity contribution in [1.29, 1.82) is 0 Å². The summed E-state index contributed by atoms with van der Waals surface area (Å²) in [5, 5.41) is 12.1. The van der Waals surface area contributed by atoms with E-state index in [2.05, 4.69) is 6.07 Å². The molecule has 0 spiro atoms. The van der Waals surface area contributed by atoms with E-state index in [0.717, 1.165) is 35.1 Å². The van der Waals surface area contributed by atoms with E-state index in [9.17, 15) is 9.90 Å². The fourth-order valence-electron chi connectivity index (χ4n) is 4.11. The Labute approximate surface area is 181 Å². The molecule has 0 aromatic heterocycles. The molecule has 1 aliphatic carbocycles. The van der Waals surface area contributed by atoms with Gasteiger partial charge in [-0.15, -0.1) is 0 Å². The number of aliphatic hydroxyl groups excluding tert-OH is 1. The van der Waals surface area contributed by atoms with Gasteiger partial charge in [-0.2, -0.15) is 0 Å². The summed E-state index contributed by atoms with van der Waals surface area (Å²) in [5.74, 6) is 0.167. The third-order valence-electron chi connectivity index (χ3n) is 5.67. The highest BCUT2D eigenvalue weighted by Crippen LogP contribution is 2.48. The van der Waals surface area contributed by atoms with Crippen LogP contribution in [0.25, 0.3) is 16.7 Å². The molecule has 0 amide bonds. The van der Waals surface area contributed by atoms with Gasteiger partial charge in [-0.25, -0.2) is 0 Å². The normalized spacial score (nSPS) is 20.8. The molecule has 0 atom stereocenters. The van der Waals surface area contributed by atoms with Crippen LogP contribution in [0.1, 0.15) is 57.6 Å². The molecule has 1 N–H and O–H groups in total. The molecule has 29 heavy (non-hydrogen) atoms. The first kappa shape index (κ1) is 20.5. The van der Waals surface area contributed by atoms with Crippen LogP contribution in [0.4, 0.5) is 0 Å². The summed E-state index contributed by atoms with van der Waals surface area (Å²) in [6.07, 6.45) is 2.17. The minimum absolute atomic E-state index is 0.0249. The molecule has 2 aromatic rings. The first-order valence-electron chi connectivity index (χ1n) is 9.80. The molecule has 1 heterocycles. The SMILES string of the molecule is CC1(C)OC(C)(C)C(O)=C(c2cc(-c3ccc(Cl)cc3Cl)ccc2C2CC2)C1=O. The molecule has 5 heteroatoms. The lowest BCUT2D eigenvalue weighted by molar-refractivity contribution is -0.158. The summed E-state index contributed by atoms with van der Waals surface area (Å²) in [4.78, 5) is 13.3. The van der Waals surface area contributed by atoms with Crippen LogP contribution < -0.4 is 0 Å². The second kappa shape index (κ2) is 6.87. The third kappa shape index (κ3) is 3.61. The van der Waals surface area contributed by atoms with Crippen LogP contribution in [0.3, 0.4) is 0 Å². The summed E-state index contributed by atoms with van der Waals surface area (Å²) in [5.41, 5.74) is 1.92. The molecule has 2 aliphatic rings. The highest BCUT2D eigenvalue weighted by molar-refractivity contribution is 6.36. The van der Waals surface area contributed by atoms with E-state index in [1.165, 1.54) is 0 Å². The van der Waals surface area contributed by atoms with Gasteiger partial charge in [-0.3, -0.25) is 4.79 Å². The molecule has 1 saturated carbocycles. The van der Waals surface area contributed by atoms with Crippen molar-refractivity contribution >= 4 is 34.6 Å². The first-order valence-corrected chi connectivity index (χ1v) is 10.6. The number of ketones is 1. The van der Waals surface area contributed by atoms with E-state index < -0.39 is 11.2 Å². The number of halogens is 2. The molecule has 0 bridgehead atoms. The fourth-order valence-corrected chi connectivity index (χ4v) is 4.62. The molecule has 152 valence electrons. The average Bonchev–Trinajstić information content (AvgIpc) is 3.45. The van der Waals surface area contributed by atoms with Gasteiger partial charge >= 0.3 is 0 Å². The third-order valence-corrected chi connectivity index (χ3v) is 6.22. The quantitative estimate of drug-likeness (QED) is 0.571. The molecule has 0 unspecified atom stereocenters. The van der Waals surface area contributed by atoms with Gasteiger partial charge in [0.1, 0.15) is 17.0 Å². The molecule has 0 radical (unpaired) electrons. The standard InChI is InChI=1S/C24H24Cl2O3/c1-23(2)21(27)20(22(28)24(3,4)29-23)18-11-14(7-9-16(18)13-5-6-13)17-10-8-15(25)12-19(17)26/h7-13,27H,5-6H2,1-4H3. The topological polar surface area (TPSA) is 46.5 Å². The maximum Gasteiger partial charge on any atom is 0.198 e. The van der Waals surface area contributed by atoms with Gasteiger partial charge in [0.15, 0.2) is 5.78 Å². The summed E-state index contributed by atoms with van der Waals surface area (Å²) in [6.45, 7) is 7.07.